The van der Waals surface area contributed by atoms with Crippen LogP contribution in [0.25, 0.3) is 71.9 Å². The first-order valence-electron chi connectivity index (χ1n) is 19.0. The molecule has 57 heavy (non-hydrogen) atoms. The average Bonchev–Trinajstić information content (AvgIpc) is 3.77. The highest BCUT2D eigenvalue weighted by molar-refractivity contribution is 7.50. The van der Waals surface area contributed by atoms with Crippen molar-refractivity contribution in [1.29, 1.82) is 0 Å². The summed E-state index contributed by atoms with van der Waals surface area (Å²) in [5.41, 5.74) is 12.8. The fourth-order valence-corrected chi connectivity index (χ4v) is 9.86. The maximum atomic E-state index is 15.0. The quantitative estimate of drug-likeness (QED) is 0.158. The van der Waals surface area contributed by atoms with Crippen LogP contribution in [0.2, 0.25) is 0 Å². The van der Waals surface area contributed by atoms with E-state index in [1.807, 2.05) is 70.0 Å². The summed E-state index contributed by atoms with van der Waals surface area (Å²) in [5, 5.41) is 3.30. The molecule has 0 aliphatic carbocycles. The van der Waals surface area contributed by atoms with Crippen molar-refractivity contribution in [1.82, 2.24) is 14.5 Å². The molecule has 8 aromatic carbocycles. The molecule has 1 aliphatic heterocycles. The monoisotopic (exact) mass is 751 g/mol. The second-order valence-electron chi connectivity index (χ2n) is 14.2. The second kappa shape index (κ2) is 13.5. The Bertz CT molecular complexity index is 3150. The van der Waals surface area contributed by atoms with Gasteiger partial charge in [0, 0.05) is 33.1 Å². The van der Waals surface area contributed by atoms with Gasteiger partial charge in [0.25, 0.3) is 8.10 Å². The summed E-state index contributed by atoms with van der Waals surface area (Å²) in [5.74, 6) is 0.401. The molecule has 3 heterocycles. The Labute approximate surface area is 330 Å². The van der Waals surface area contributed by atoms with Crippen LogP contribution in [0.5, 0.6) is 0 Å². The number of para-hydroxylation sites is 4. The van der Waals surface area contributed by atoms with Gasteiger partial charge in [-0.15, -0.1) is 0 Å². The Balaban J connectivity index is 1.07. The van der Waals surface area contributed by atoms with Crippen molar-refractivity contribution in [2.24, 2.45) is 0 Å². The molecule has 10 aromatic rings. The highest BCUT2D eigenvalue weighted by Gasteiger charge is 2.37. The van der Waals surface area contributed by atoms with Gasteiger partial charge in [0.15, 0.2) is 0 Å². The van der Waals surface area contributed by atoms with Crippen molar-refractivity contribution in [2.75, 3.05) is 9.34 Å². The van der Waals surface area contributed by atoms with Crippen molar-refractivity contribution >= 4 is 63.8 Å². The third kappa shape index (κ3) is 5.53. The molecular formula is C50H34N5OP. The molecule has 0 saturated heterocycles. The number of hydrogen-bond donors (Lipinski definition) is 0. The number of anilines is 4. The largest absolute Gasteiger partial charge is 0.309 e. The van der Waals surface area contributed by atoms with E-state index in [1.54, 1.807) is 0 Å². The SMILES string of the molecule is O=[PH]1N(c2ccccc2)c2ccc(-c3ccc4c(c3)c3ccccc3n4-c3ccccc3)cc2N1c1nc(-c2ccc(-c3ccccc3)cc2)c2ccccc2n1. The minimum Gasteiger partial charge on any atom is -0.309 e. The normalized spacial score (nSPS) is 13.8. The zero-order chi connectivity index (χ0) is 37.9. The Morgan fingerprint density at radius 1 is 0.386 bits per heavy atom. The van der Waals surface area contributed by atoms with Crippen molar-refractivity contribution in [3.63, 3.8) is 0 Å². The van der Waals surface area contributed by atoms with Gasteiger partial charge in [-0.2, -0.15) is 0 Å². The highest BCUT2D eigenvalue weighted by atomic mass is 31.1. The molecule has 0 amide bonds. The summed E-state index contributed by atoms with van der Waals surface area (Å²) >= 11 is 0. The number of hydrogen-bond acceptors (Lipinski definition) is 3. The Morgan fingerprint density at radius 3 is 1.72 bits per heavy atom. The fraction of sp³-hybridized carbons (Fsp3) is 0. The number of nitrogens with zero attached hydrogens (tertiary/aromatic N) is 5. The fourth-order valence-electron chi connectivity index (χ4n) is 8.24. The maximum absolute atomic E-state index is 15.0. The van der Waals surface area contributed by atoms with Crippen molar-refractivity contribution < 1.29 is 4.57 Å². The number of rotatable bonds is 6. The van der Waals surface area contributed by atoms with Gasteiger partial charge in [-0.1, -0.05) is 140 Å². The lowest BCUT2D eigenvalue weighted by molar-refractivity contribution is 0.589. The molecule has 0 radical (unpaired) electrons. The molecule has 0 N–H and O–H groups in total. The van der Waals surface area contributed by atoms with E-state index < -0.39 is 8.10 Å². The van der Waals surface area contributed by atoms with Gasteiger partial charge in [0.1, 0.15) is 0 Å². The molecule has 0 spiro atoms. The van der Waals surface area contributed by atoms with Gasteiger partial charge in [0.2, 0.25) is 5.95 Å². The smallest absolute Gasteiger partial charge is 0.262 e. The van der Waals surface area contributed by atoms with Crippen LogP contribution >= 0.6 is 8.10 Å². The number of benzene rings is 8. The van der Waals surface area contributed by atoms with E-state index in [1.165, 1.54) is 10.8 Å². The predicted octanol–water partition coefficient (Wildman–Crippen LogP) is 13.4. The van der Waals surface area contributed by atoms with Crippen LogP contribution in [0.3, 0.4) is 0 Å². The van der Waals surface area contributed by atoms with Crippen LogP contribution in [-0.4, -0.2) is 14.5 Å². The summed E-state index contributed by atoms with van der Waals surface area (Å²) in [6.07, 6.45) is 0. The predicted molar refractivity (Wildman–Crippen MR) is 236 cm³/mol. The lowest BCUT2D eigenvalue weighted by atomic mass is 10.0. The lowest BCUT2D eigenvalue weighted by Crippen LogP contribution is -2.11. The van der Waals surface area contributed by atoms with Gasteiger partial charge < -0.3 is 4.57 Å². The Hall–Kier alpha value is -7.27. The highest BCUT2D eigenvalue weighted by Crippen LogP contribution is 2.60. The van der Waals surface area contributed by atoms with Gasteiger partial charge in [-0.3, -0.25) is 9.24 Å². The van der Waals surface area contributed by atoms with E-state index in [2.05, 4.69) is 144 Å². The van der Waals surface area contributed by atoms with E-state index >= 15 is 4.57 Å². The van der Waals surface area contributed by atoms with E-state index in [9.17, 15) is 0 Å². The van der Waals surface area contributed by atoms with Crippen molar-refractivity contribution in [2.45, 2.75) is 0 Å². The summed E-state index contributed by atoms with van der Waals surface area (Å²) < 4.78 is 21.1. The van der Waals surface area contributed by atoms with Gasteiger partial charge in [-0.05, 0) is 82.9 Å². The number of fused-ring (bicyclic) bond motifs is 5. The number of aromatic nitrogens is 3. The van der Waals surface area contributed by atoms with Crippen molar-refractivity contribution in [3.05, 3.63) is 200 Å². The third-order valence-corrected chi connectivity index (χ3v) is 12.6. The minimum atomic E-state index is -2.70. The van der Waals surface area contributed by atoms with Gasteiger partial charge in [-0.25, -0.2) is 14.6 Å². The van der Waals surface area contributed by atoms with Crippen LogP contribution < -0.4 is 9.34 Å². The maximum Gasteiger partial charge on any atom is 0.262 e. The third-order valence-electron chi connectivity index (χ3n) is 10.9. The Kier molecular flexibility index (Phi) is 7.83. The van der Waals surface area contributed by atoms with Crippen LogP contribution in [0.1, 0.15) is 0 Å². The molecule has 1 aliphatic rings. The van der Waals surface area contributed by atoms with E-state index in [-0.39, 0.29) is 0 Å². The molecule has 2 aromatic heterocycles. The van der Waals surface area contributed by atoms with E-state index in [0.29, 0.717) is 5.95 Å². The molecule has 0 bridgehead atoms. The van der Waals surface area contributed by atoms with Crippen LogP contribution in [0.4, 0.5) is 23.0 Å². The molecule has 6 nitrogen and oxygen atoms in total. The summed E-state index contributed by atoms with van der Waals surface area (Å²) in [6, 6.07) is 68.9. The van der Waals surface area contributed by atoms with Crippen LogP contribution in [0.15, 0.2) is 200 Å². The molecule has 1 unspecified atom stereocenters. The van der Waals surface area contributed by atoms with Crippen molar-refractivity contribution in [3.8, 4) is 39.2 Å². The first-order chi connectivity index (χ1) is 28.2. The van der Waals surface area contributed by atoms with Crippen LogP contribution in [0, 0.1) is 0 Å². The van der Waals surface area contributed by atoms with Gasteiger partial charge >= 0.3 is 0 Å². The molecule has 0 fully saturated rings. The lowest BCUT2D eigenvalue weighted by Gasteiger charge is -2.21. The first-order valence-corrected chi connectivity index (χ1v) is 20.3. The molecule has 1 atom stereocenters. The standard InChI is InChI=1S/C50H34N5OP/c56-57-54(40-18-8-3-9-19-40)47-31-29-38(37-28-30-46-43(32-37)41-20-11-13-23-45(41)53(46)39-16-6-2-7-17-39)33-48(47)55(57)50-51-44-22-12-10-21-42(44)49(52-50)36-26-24-35(25-27-36)34-14-4-1-5-15-34/h1-33,57H. The zero-order valence-corrected chi connectivity index (χ0v) is 31.7. The molecular weight excluding hydrogens is 718 g/mol. The molecule has 7 heteroatoms. The minimum absolute atomic E-state index is 0.401. The summed E-state index contributed by atoms with van der Waals surface area (Å²) in [7, 11) is -2.70. The zero-order valence-electron chi connectivity index (χ0n) is 30.7. The topological polar surface area (TPSA) is 54.3 Å². The molecule has 270 valence electrons. The second-order valence-corrected chi connectivity index (χ2v) is 15.7. The van der Waals surface area contributed by atoms with Crippen LogP contribution in [-0.2, 0) is 4.57 Å². The average molecular weight is 752 g/mol. The van der Waals surface area contributed by atoms with E-state index in [4.69, 9.17) is 9.97 Å². The summed E-state index contributed by atoms with van der Waals surface area (Å²) in [6.45, 7) is 0. The van der Waals surface area contributed by atoms with Gasteiger partial charge in [0.05, 0.1) is 33.6 Å². The Morgan fingerprint density at radius 2 is 0.947 bits per heavy atom. The first kappa shape index (κ1) is 33.1. The van der Waals surface area contributed by atoms with E-state index in [0.717, 1.165) is 78.2 Å². The summed E-state index contributed by atoms with van der Waals surface area (Å²) in [4.78, 5) is 10.4. The molecule has 11 rings (SSSR count). The molecule has 0 saturated carbocycles.